The molecular weight excluding hydrogens is 295 g/mol. The first-order chi connectivity index (χ1) is 11.1. The van der Waals surface area contributed by atoms with E-state index in [0.717, 1.165) is 11.3 Å². The van der Waals surface area contributed by atoms with E-state index < -0.39 is 5.41 Å². The van der Waals surface area contributed by atoms with Crippen LogP contribution < -0.4 is 0 Å². The van der Waals surface area contributed by atoms with Crippen LogP contribution in [0.5, 0.6) is 0 Å². The summed E-state index contributed by atoms with van der Waals surface area (Å²) in [6.45, 7) is 1.68. The summed E-state index contributed by atoms with van der Waals surface area (Å²) in [7, 11) is 1.35. The van der Waals surface area contributed by atoms with E-state index >= 15 is 0 Å². The van der Waals surface area contributed by atoms with Crippen LogP contribution in [-0.4, -0.2) is 23.0 Å². The Morgan fingerprint density at radius 1 is 1.35 bits per heavy atom. The molecule has 118 valence electrons. The van der Waals surface area contributed by atoms with Gasteiger partial charge in [0.2, 0.25) is 0 Å². The van der Waals surface area contributed by atoms with Crippen molar-refractivity contribution in [2.45, 2.75) is 25.2 Å². The summed E-state index contributed by atoms with van der Waals surface area (Å²) in [5, 5.41) is 0. The number of hydrogen-bond acceptors (Lipinski definition) is 4. The highest BCUT2D eigenvalue weighted by atomic mass is 19.1. The number of ether oxygens (including phenoxy) is 1. The van der Waals surface area contributed by atoms with Crippen LogP contribution in [-0.2, 0) is 14.9 Å². The SMILES string of the molecule is COC(=O)C1(c2cccc(F)c2C)C=C(c2cnccn2)CC1. The van der Waals surface area contributed by atoms with Crippen molar-refractivity contribution in [3.63, 3.8) is 0 Å². The number of aromatic nitrogens is 2. The molecule has 3 rings (SSSR count). The van der Waals surface area contributed by atoms with Gasteiger partial charge in [0.05, 0.1) is 19.0 Å². The predicted octanol–water partition coefficient (Wildman–Crippen LogP) is 3.21. The molecule has 1 aromatic carbocycles. The van der Waals surface area contributed by atoms with Crippen LogP contribution >= 0.6 is 0 Å². The summed E-state index contributed by atoms with van der Waals surface area (Å²) in [5.74, 6) is -0.711. The molecule has 23 heavy (non-hydrogen) atoms. The molecule has 0 aliphatic heterocycles. The van der Waals surface area contributed by atoms with Crippen LogP contribution in [0.4, 0.5) is 4.39 Å². The molecule has 0 spiro atoms. The van der Waals surface area contributed by atoms with Crippen molar-refractivity contribution >= 4 is 11.5 Å². The molecule has 1 aliphatic rings. The molecule has 0 radical (unpaired) electrons. The van der Waals surface area contributed by atoms with E-state index in [0.29, 0.717) is 24.0 Å². The Bertz CT molecular complexity index is 774. The zero-order valence-electron chi connectivity index (χ0n) is 13.0. The number of carbonyl (C=O) groups is 1. The Hall–Kier alpha value is -2.56. The van der Waals surface area contributed by atoms with Crippen molar-refractivity contribution in [3.8, 4) is 0 Å². The quantitative estimate of drug-likeness (QED) is 0.817. The van der Waals surface area contributed by atoms with E-state index in [9.17, 15) is 9.18 Å². The van der Waals surface area contributed by atoms with Crippen molar-refractivity contribution in [1.29, 1.82) is 0 Å². The average Bonchev–Trinajstić information content (AvgIpc) is 3.04. The molecule has 1 atom stereocenters. The second-order valence-electron chi connectivity index (χ2n) is 5.64. The summed E-state index contributed by atoms with van der Waals surface area (Å²) < 4.78 is 19.0. The zero-order valence-corrected chi connectivity index (χ0v) is 13.0. The van der Waals surface area contributed by atoms with Crippen molar-refractivity contribution in [3.05, 3.63) is 65.5 Å². The molecule has 5 heteroatoms. The van der Waals surface area contributed by atoms with Gasteiger partial charge in [0.15, 0.2) is 0 Å². The van der Waals surface area contributed by atoms with E-state index in [4.69, 9.17) is 4.74 Å². The van der Waals surface area contributed by atoms with Crippen LogP contribution in [0.15, 0.2) is 42.9 Å². The van der Waals surface area contributed by atoms with Gasteiger partial charge in [-0.1, -0.05) is 18.2 Å². The zero-order chi connectivity index (χ0) is 16.4. The number of nitrogens with zero attached hydrogens (tertiary/aromatic N) is 2. The second-order valence-corrected chi connectivity index (χ2v) is 5.64. The third kappa shape index (κ3) is 2.52. The number of rotatable bonds is 3. The maximum Gasteiger partial charge on any atom is 0.320 e. The van der Waals surface area contributed by atoms with Crippen LogP contribution in [0.3, 0.4) is 0 Å². The molecule has 4 nitrogen and oxygen atoms in total. The van der Waals surface area contributed by atoms with Crippen molar-refractivity contribution in [1.82, 2.24) is 9.97 Å². The van der Waals surface area contributed by atoms with E-state index in [1.165, 1.54) is 13.2 Å². The van der Waals surface area contributed by atoms with Crippen LogP contribution in [0.1, 0.15) is 29.7 Å². The summed E-state index contributed by atoms with van der Waals surface area (Å²) in [6, 6.07) is 4.80. The lowest BCUT2D eigenvalue weighted by atomic mass is 9.78. The fourth-order valence-corrected chi connectivity index (χ4v) is 3.20. The molecule has 0 saturated carbocycles. The van der Waals surface area contributed by atoms with Gasteiger partial charge in [-0.25, -0.2) is 4.39 Å². The van der Waals surface area contributed by atoms with Crippen LogP contribution in [0.2, 0.25) is 0 Å². The van der Waals surface area contributed by atoms with Gasteiger partial charge in [0, 0.05) is 12.4 Å². The fraction of sp³-hybridized carbons (Fsp3) is 0.278. The van der Waals surface area contributed by atoms with Gasteiger partial charge in [0.1, 0.15) is 11.2 Å². The molecule has 0 amide bonds. The molecule has 1 aliphatic carbocycles. The largest absolute Gasteiger partial charge is 0.468 e. The Balaban J connectivity index is 2.15. The normalized spacial score (nSPS) is 20.2. The third-order valence-electron chi connectivity index (χ3n) is 4.40. The Kier molecular flexibility index (Phi) is 3.94. The number of carbonyl (C=O) groups excluding carboxylic acids is 1. The highest BCUT2D eigenvalue weighted by Gasteiger charge is 2.44. The molecule has 0 N–H and O–H groups in total. The number of esters is 1. The Morgan fingerprint density at radius 2 is 2.17 bits per heavy atom. The van der Waals surface area contributed by atoms with Gasteiger partial charge in [-0.15, -0.1) is 0 Å². The summed E-state index contributed by atoms with van der Waals surface area (Å²) in [5.41, 5.74) is 1.78. The maximum absolute atomic E-state index is 14.0. The first-order valence-electron chi connectivity index (χ1n) is 7.40. The molecular formula is C18H17FN2O2. The van der Waals surface area contributed by atoms with Gasteiger partial charge in [-0.2, -0.15) is 0 Å². The van der Waals surface area contributed by atoms with E-state index in [1.807, 2.05) is 6.08 Å². The highest BCUT2D eigenvalue weighted by molar-refractivity contribution is 5.91. The molecule has 0 fully saturated rings. The van der Waals surface area contributed by atoms with E-state index in [1.54, 1.807) is 37.6 Å². The van der Waals surface area contributed by atoms with Gasteiger partial charge in [-0.05, 0) is 42.5 Å². The van der Waals surface area contributed by atoms with Gasteiger partial charge in [0.25, 0.3) is 0 Å². The Morgan fingerprint density at radius 3 is 2.87 bits per heavy atom. The summed E-state index contributed by atoms with van der Waals surface area (Å²) >= 11 is 0. The molecule has 1 unspecified atom stereocenters. The average molecular weight is 312 g/mol. The number of hydrogen-bond donors (Lipinski definition) is 0. The Labute approximate surface area is 134 Å². The molecule has 1 aromatic heterocycles. The maximum atomic E-state index is 14.0. The smallest absolute Gasteiger partial charge is 0.320 e. The lowest BCUT2D eigenvalue weighted by Gasteiger charge is -2.26. The lowest BCUT2D eigenvalue weighted by Crippen LogP contribution is -2.34. The van der Waals surface area contributed by atoms with Crippen molar-refractivity contribution in [2.24, 2.45) is 0 Å². The van der Waals surface area contributed by atoms with Gasteiger partial charge >= 0.3 is 5.97 Å². The molecule has 0 saturated heterocycles. The first-order valence-corrected chi connectivity index (χ1v) is 7.40. The standard InChI is InChI=1S/C18H17FN2O2/c1-12-14(4-3-5-15(12)19)18(17(22)23-2)7-6-13(10-18)16-11-20-8-9-21-16/h3-5,8-11H,6-7H2,1-2H3. The number of allylic oxidation sites excluding steroid dienone is 1. The third-order valence-corrected chi connectivity index (χ3v) is 4.40. The van der Waals surface area contributed by atoms with E-state index in [2.05, 4.69) is 9.97 Å². The first kappa shape index (κ1) is 15.3. The molecule has 0 bridgehead atoms. The highest BCUT2D eigenvalue weighted by Crippen LogP contribution is 2.44. The summed E-state index contributed by atoms with van der Waals surface area (Å²) in [6.07, 6.45) is 7.91. The summed E-state index contributed by atoms with van der Waals surface area (Å²) in [4.78, 5) is 20.9. The monoisotopic (exact) mass is 312 g/mol. The second kappa shape index (κ2) is 5.91. The van der Waals surface area contributed by atoms with Crippen molar-refractivity contribution < 1.29 is 13.9 Å². The van der Waals surface area contributed by atoms with Gasteiger partial charge < -0.3 is 4.74 Å². The topological polar surface area (TPSA) is 52.1 Å². The van der Waals surface area contributed by atoms with Crippen LogP contribution in [0, 0.1) is 12.7 Å². The fourth-order valence-electron chi connectivity index (χ4n) is 3.20. The molecule has 1 heterocycles. The van der Waals surface area contributed by atoms with Crippen molar-refractivity contribution in [2.75, 3.05) is 7.11 Å². The van der Waals surface area contributed by atoms with Gasteiger partial charge in [-0.3, -0.25) is 14.8 Å². The minimum absolute atomic E-state index is 0.327. The number of methoxy groups -OCH3 is 1. The lowest BCUT2D eigenvalue weighted by molar-refractivity contribution is -0.145. The number of benzene rings is 1. The van der Waals surface area contributed by atoms with Crippen LogP contribution in [0.25, 0.3) is 5.57 Å². The minimum atomic E-state index is -0.978. The molecule has 2 aromatic rings. The van der Waals surface area contributed by atoms with E-state index in [-0.39, 0.29) is 11.8 Å². The number of halogens is 1. The minimum Gasteiger partial charge on any atom is -0.468 e. The predicted molar refractivity (Wildman–Crippen MR) is 84.1 cm³/mol.